The van der Waals surface area contributed by atoms with E-state index in [-0.39, 0.29) is 17.0 Å². The minimum absolute atomic E-state index is 0.0278. The van der Waals surface area contributed by atoms with Crippen molar-refractivity contribution in [1.82, 2.24) is 0 Å². The van der Waals surface area contributed by atoms with Gasteiger partial charge in [0.05, 0.1) is 17.4 Å². The fourth-order valence-electron chi connectivity index (χ4n) is 4.88. The maximum atomic E-state index is 13.8. The van der Waals surface area contributed by atoms with Gasteiger partial charge in [0.25, 0.3) is 0 Å². The number of hydrogen-bond donors (Lipinski definition) is 2. The Balaban J connectivity index is 1.70. The molecule has 34 heavy (non-hydrogen) atoms. The van der Waals surface area contributed by atoms with Gasteiger partial charge in [-0.2, -0.15) is 0 Å². The van der Waals surface area contributed by atoms with Crippen LogP contribution in [0.4, 0.5) is 26.2 Å². The maximum Gasteiger partial charge on any atom is 0.327 e. The summed E-state index contributed by atoms with van der Waals surface area (Å²) in [5.74, 6) is -0.352. The Kier molecular flexibility index (Phi) is 5.44. The summed E-state index contributed by atoms with van der Waals surface area (Å²) in [6.07, 6.45) is 1.10. The average molecular weight is 456 g/mol. The van der Waals surface area contributed by atoms with E-state index in [2.05, 4.69) is 24.5 Å². The van der Waals surface area contributed by atoms with Crippen LogP contribution in [0.2, 0.25) is 0 Å². The largest absolute Gasteiger partial charge is 0.357 e. The predicted octanol–water partition coefficient (Wildman–Crippen LogP) is 6.67. The van der Waals surface area contributed by atoms with Gasteiger partial charge in [-0.1, -0.05) is 56.3 Å². The molecule has 2 amide bonds. The Morgan fingerprint density at radius 3 is 2.38 bits per heavy atom. The molecule has 5 rings (SSSR count). The molecular formula is C28H26FN3O2. The smallest absolute Gasteiger partial charge is 0.327 e. The minimum Gasteiger partial charge on any atom is -0.357 e. The second-order valence-corrected chi connectivity index (χ2v) is 9.60. The minimum atomic E-state index is -0.614. The molecule has 0 fully saturated rings. The molecule has 1 atom stereocenters. The van der Waals surface area contributed by atoms with Crippen molar-refractivity contribution in [3.05, 3.63) is 102 Å². The highest BCUT2D eigenvalue weighted by Crippen LogP contribution is 2.48. The zero-order valence-corrected chi connectivity index (χ0v) is 19.1. The molecule has 6 heteroatoms. The molecule has 1 aliphatic heterocycles. The molecule has 3 aromatic carbocycles. The molecule has 0 saturated heterocycles. The summed E-state index contributed by atoms with van der Waals surface area (Å²) < 4.78 is 13.4. The molecule has 0 radical (unpaired) electrons. The van der Waals surface area contributed by atoms with Crippen LogP contribution in [-0.2, 0) is 4.79 Å². The van der Waals surface area contributed by atoms with Crippen molar-refractivity contribution in [1.29, 1.82) is 0 Å². The van der Waals surface area contributed by atoms with Gasteiger partial charge in [0.1, 0.15) is 5.82 Å². The van der Waals surface area contributed by atoms with Crippen molar-refractivity contribution in [3.8, 4) is 0 Å². The number of allylic oxidation sites excluding steroid dienone is 1. The maximum absolute atomic E-state index is 13.8. The van der Waals surface area contributed by atoms with Crippen LogP contribution in [0.15, 0.2) is 90.1 Å². The van der Waals surface area contributed by atoms with Crippen molar-refractivity contribution in [2.24, 2.45) is 5.41 Å². The van der Waals surface area contributed by atoms with Gasteiger partial charge in [-0.15, -0.1) is 0 Å². The van der Waals surface area contributed by atoms with Gasteiger partial charge >= 0.3 is 6.03 Å². The van der Waals surface area contributed by atoms with E-state index in [1.165, 1.54) is 24.3 Å². The van der Waals surface area contributed by atoms with Crippen LogP contribution in [0.1, 0.15) is 38.3 Å². The lowest BCUT2D eigenvalue weighted by atomic mass is 9.73. The third-order valence-corrected chi connectivity index (χ3v) is 6.33. The van der Waals surface area contributed by atoms with Gasteiger partial charge in [-0.25, -0.2) is 9.18 Å². The first-order valence-electron chi connectivity index (χ1n) is 11.4. The molecule has 3 aromatic rings. The average Bonchev–Trinajstić information content (AvgIpc) is 2.94. The summed E-state index contributed by atoms with van der Waals surface area (Å²) in [6, 6.07) is 21.8. The van der Waals surface area contributed by atoms with E-state index < -0.39 is 12.1 Å². The van der Waals surface area contributed by atoms with E-state index in [1.807, 2.05) is 54.6 Å². The molecule has 0 aromatic heterocycles. The number of fused-ring (bicyclic) bond motifs is 1. The molecule has 2 N–H and O–H groups in total. The molecule has 1 heterocycles. The number of amides is 2. The highest BCUT2D eigenvalue weighted by molar-refractivity contribution is 6.09. The number of halogens is 1. The number of benzene rings is 3. The molecular weight excluding hydrogens is 429 g/mol. The van der Waals surface area contributed by atoms with Crippen LogP contribution in [0.5, 0.6) is 0 Å². The number of nitrogens with zero attached hydrogens (tertiary/aromatic N) is 1. The number of Topliss-reactive ketones (excluding diaryl/α,β-unsaturated/α-hetero) is 1. The second kappa shape index (κ2) is 8.45. The van der Waals surface area contributed by atoms with Crippen molar-refractivity contribution in [2.75, 3.05) is 15.5 Å². The van der Waals surface area contributed by atoms with Crippen LogP contribution in [0, 0.1) is 11.2 Å². The first-order valence-corrected chi connectivity index (χ1v) is 11.4. The van der Waals surface area contributed by atoms with Crippen LogP contribution < -0.4 is 15.5 Å². The number of rotatable bonds is 2. The van der Waals surface area contributed by atoms with Gasteiger partial charge < -0.3 is 10.6 Å². The monoisotopic (exact) mass is 455 g/mol. The topological polar surface area (TPSA) is 61.4 Å². The molecule has 0 unspecified atom stereocenters. The quantitative estimate of drug-likeness (QED) is 0.453. The number of carbonyl (C=O) groups is 2. The van der Waals surface area contributed by atoms with Crippen LogP contribution in [0.3, 0.4) is 0 Å². The summed E-state index contributed by atoms with van der Waals surface area (Å²) in [7, 11) is 0. The summed E-state index contributed by atoms with van der Waals surface area (Å²) in [5.41, 5.74) is 4.00. The number of para-hydroxylation sites is 2. The lowest BCUT2D eigenvalue weighted by molar-refractivity contribution is -0.118. The third-order valence-electron chi connectivity index (χ3n) is 6.33. The number of hydrogen-bond acceptors (Lipinski definition) is 3. The number of ketones is 1. The Bertz CT molecular complexity index is 1280. The van der Waals surface area contributed by atoms with Gasteiger partial charge in [0.2, 0.25) is 0 Å². The summed E-state index contributed by atoms with van der Waals surface area (Å²) >= 11 is 0. The van der Waals surface area contributed by atoms with Crippen LogP contribution >= 0.6 is 0 Å². The van der Waals surface area contributed by atoms with Gasteiger partial charge in [-0.3, -0.25) is 9.69 Å². The van der Waals surface area contributed by atoms with Crippen molar-refractivity contribution < 1.29 is 14.0 Å². The van der Waals surface area contributed by atoms with E-state index in [1.54, 1.807) is 4.90 Å². The molecule has 2 aliphatic rings. The highest BCUT2D eigenvalue weighted by Gasteiger charge is 2.43. The molecule has 5 nitrogen and oxygen atoms in total. The summed E-state index contributed by atoms with van der Waals surface area (Å²) in [5, 5.41) is 6.38. The SMILES string of the molecule is CC1(C)CC(=O)C2=C(C1)Nc1ccccc1N(C(=O)Nc1ccc(F)cc1)[C@H]2c1ccccc1. The van der Waals surface area contributed by atoms with Crippen molar-refractivity contribution >= 4 is 28.9 Å². The van der Waals surface area contributed by atoms with E-state index in [0.717, 1.165) is 16.9 Å². The molecule has 1 aliphatic carbocycles. The number of nitrogens with one attached hydrogen (secondary N) is 2. The van der Waals surface area contributed by atoms with Crippen LogP contribution in [0.25, 0.3) is 0 Å². The standard InChI is InChI=1S/C28H26FN3O2/c1-28(2)16-22-25(24(33)17-28)26(18-8-4-3-5-9-18)32(23-11-7-6-10-21(23)31-22)27(34)30-20-14-12-19(29)13-15-20/h3-15,26,31H,16-17H2,1-2H3,(H,30,34)/t26-/m0/s1. The second-order valence-electron chi connectivity index (χ2n) is 9.60. The van der Waals surface area contributed by atoms with Crippen molar-refractivity contribution in [2.45, 2.75) is 32.7 Å². The number of urea groups is 1. The zero-order valence-electron chi connectivity index (χ0n) is 19.1. The molecule has 0 saturated carbocycles. The van der Waals surface area contributed by atoms with Gasteiger partial charge in [0, 0.05) is 23.4 Å². The zero-order chi connectivity index (χ0) is 23.9. The predicted molar refractivity (Wildman–Crippen MR) is 132 cm³/mol. The third kappa shape index (κ3) is 4.07. The van der Waals surface area contributed by atoms with E-state index in [0.29, 0.717) is 29.8 Å². The Hall–Kier alpha value is -3.93. The van der Waals surface area contributed by atoms with E-state index >= 15 is 0 Å². The Labute approximate surface area is 198 Å². The Morgan fingerprint density at radius 2 is 1.65 bits per heavy atom. The van der Waals surface area contributed by atoms with E-state index in [4.69, 9.17) is 0 Å². The summed E-state index contributed by atoms with van der Waals surface area (Å²) in [6.45, 7) is 4.17. The molecule has 0 spiro atoms. The lowest BCUT2D eigenvalue weighted by Gasteiger charge is -2.37. The number of anilines is 3. The van der Waals surface area contributed by atoms with E-state index in [9.17, 15) is 14.0 Å². The Morgan fingerprint density at radius 1 is 0.971 bits per heavy atom. The molecule has 0 bridgehead atoms. The van der Waals surface area contributed by atoms with Gasteiger partial charge in [0.15, 0.2) is 5.78 Å². The fraction of sp³-hybridized carbons (Fsp3) is 0.214. The van der Waals surface area contributed by atoms with Gasteiger partial charge in [-0.05, 0) is 53.8 Å². The summed E-state index contributed by atoms with van der Waals surface area (Å²) in [4.78, 5) is 29.1. The first-order chi connectivity index (χ1) is 16.3. The van der Waals surface area contributed by atoms with Crippen LogP contribution in [-0.4, -0.2) is 11.8 Å². The highest BCUT2D eigenvalue weighted by atomic mass is 19.1. The normalized spacial score (nSPS) is 19.0. The first kappa shape index (κ1) is 21.9. The van der Waals surface area contributed by atoms with Crippen molar-refractivity contribution in [3.63, 3.8) is 0 Å². The fourth-order valence-corrected chi connectivity index (χ4v) is 4.88. The molecule has 172 valence electrons. The lowest BCUT2D eigenvalue weighted by Crippen LogP contribution is -2.41. The number of carbonyl (C=O) groups excluding carboxylic acids is 2.